The van der Waals surface area contributed by atoms with Crippen molar-refractivity contribution in [2.45, 2.75) is 12.5 Å². The summed E-state index contributed by atoms with van der Waals surface area (Å²) < 4.78 is 27.5. The molecule has 2 atom stereocenters. The van der Waals surface area contributed by atoms with Gasteiger partial charge in [0.05, 0.1) is 0 Å². The highest BCUT2D eigenvalue weighted by molar-refractivity contribution is 5.18. The molecule has 19 heavy (non-hydrogen) atoms. The van der Waals surface area contributed by atoms with Gasteiger partial charge in [-0.25, -0.2) is 14.2 Å². The van der Waals surface area contributed by atoms with Crippen LogP contribution in [0.2, 0.25) is 0 Å². The smallest absolute Gasteiger partial charge is 0.189 e. The van der Waals surface area contributed by atoms with E-state index >= 15 is 0 Å². The lowest BCUT2D eigenvalue weighted by Crippen LogP contribution is -2.35. The number of hydrazine groups is 1. The number of halogens is 2. The van der Waals surface area contributed by atoms with Crippen LogP contribution in [0.1, 0.15) is 23.6 Å². The molecule has 0 saturated heterocycles. The van der Waals surface area contributed by atoms with Crippen LogP contribution in [0.3, 0.4) is 0 Å². The molecule has 2 nitrogen and oxygen atoms in total. The number of rotatable bonds is 6. The predicted molar refractivity (Wildman–Crippen MR) is 71.7 cm³/mol. The molecule has 2 rings (SSSR count). The van der Waals surface area contributed by atoms with Gasteiger partial charge in [0, 0.05) is 12.1 Å². The van der Waals surface area contributed by atoms with Gasteiger partial charge in [0.15, 0.2) is 6.30 Å². The van der Waals surface area contributed by atoms with Crippen LogP contribution >= 0.6 is 0 Å². The van der Waals surface area contributed by atoms with E-state index in [1.807, 2.05) is 12.1 Å². The van der Waals surface area contributed by atoms with E-state index in [4.69, 9.17) is 0 Å². The highest BCUT2D eigenvalue weighted by Crippen LogP contribution is 2.16. The van der Waals surface area contributed by atoms with Crippen LogP contribution in [0.15, 0.2) is 60.7 Å². The normalized spacial score (nSPS) is 14.0. The zero-order valence-electron chi connectivity index (χ0n) is 10.4. The average molecular weight is 262 g/mol. The van der Waals surface area contributed by atoms with E-state index in [2.05, 4.69) is 10.9 Å². The third kappa shape index (κ3) is 4.12. The first-order valence-corrected chi connectivity index (χ1v) is 6.14. The van der Waals surface area contributed by atoms with Crippen molar-refractivity contribution >= 4 is 0 Å². The second kappa shape index (κ2) is 6.97. The van der Waals surface area contributed by atoms with Gasteiger partial charge in [0.2, 0.25) is 0 Å². The Balaban J connectivity index is 1.78. The number of benzene rings is 2. The van der Waals surface area contributed by atoms with E-state index in [0.717, 1.165) is 0 Å². The zero-order valence-corrected chi connectivity index (χ0v) is 10.4. The molecule has 2 unspecified atom stereocenters. The molecule has 0 aliphatic rings. The fraction of sp³-hybridized carbons (Fsp3) is 0.200. The SMILES string of the molecule is FC(CNNC(F)c1ccccc1)c1ccccc1. The molecule has 0 aromatic heterocycles. The molecule has 2 aromatic rings. The largest absolute Gasteiger partial charge is 0.252 e. The maximum atomic E-state index is 13.8. The summed E-state index contributed by atoms with van der Waals surface area (Å²) in [5.41, 5.74) is 6.11. The summed E-state index contributed by atoms with van der Waals surface area (Å²) >= 11 is 0. The highest BCUT2D eigenvalue weighted by atomic mass is 19.1. The first kappa shape index (κ1) is 13.6. The van der Waals surface area contributed by atoms with Crippen molar-refractivity contribution < 1.29 is 8.78 Å². The van der Waals surface area contributed by atoms with Gasteiger partial charge in [-0.2, -0.15) is 0 Å². The highest BCUT2D eigenvalue weighted by Gasteiger charge is 2.11. The Morgan fingerprint density at radius 3 is 1.89 bits per heavy atom. The summed E-state index contributed by atoms with van der Waals surface area (Å²) in [6, 6.07) is 17.5. The first-order chi connectivity index (χ1) is 9.27. The summed E-state index contributed by atoms with van der Waals surface area (Å²) in [6.07, 6.45) is -2.53. The molecular formula is C15H16F2N2. The summed E-state index contributed by atoms with van der Waals surface area (Å²) in [5.74, 6) is 0. The van der Waals surface area contributed by atoms with Crippen molar-refractivity contribution in [2.75, 3.05) is 6.54 Å². The second-order valence-electron chi connectivity index (χ2n) is 4.18. The molecule has 0 saturated carbocycles. The lowest BCUT2D eigenvalue weighted by molar-refractivity contribution is 0.223. The van der Waals surface area contributed by atoms with Crippen LogP contribution in [-0.4, -0.2) is 6.54 Å². The minimum Gasteiger partial charge on any atom is -0.252 e. The van der Waals surface area contributed by atoms with Crippen LogP contribution in [0.25, 0.3) is 0 Å². The van der Waals surface area contributed by atoms with Crippen molar-refractivity contribution in [3.63, 3.8) is 0 Å². The summed E-state index contributed by atoms with van der Waals surface area (Å²) in [4.78, 5) is 0. The van der Waals surface area contributed by atoms with Crippen molar-refractivity contribution in [1.29, 1.82) is 0 Å². The van der Waals surface area contributed by atoms with Gasteiger partial charge in [-0.05, 0) is 5.56 Å². The third-order valence-corrected chi connectivity index (χ3v) is 2.76. The van der Waals surface area contributed by atoms with Gasteiger partial charge < -0.3 is 0 Å². The van der Waals surface area contributed by atoms with Crippen LogP contribution in [0.4, 0.5) is 8.78 Å². The standard InChI is InChI=1S/C15H16F2N2/c16-14(12-7-3-1-4-8-12)11-18-19-15(17)13-9-5-2-6-10-13/h1-10,14-15,18-19H,11H2. The summed E-state index contributed by atoms with van der Waals surface area (Å²) in [7, 11) is 0. The Bertz CT molecular complexity index is 431. The lowest BCUT2D eigenvalue weighted by atomic mass is 10.1. The van der Waals surface area contributed by atoms with E-state index < -0.39 is 12.5 Å². The Morgan fingerprint density at radius 1 is 0.789 bits per heavy atom. The molecule has 100 valence electrons. The van der Waals surface area contributed by atoms with Crippen LogP contribution in [0, 0.1) is 0 Å². The molecule has 2 N–H and O–H groups in total. The number of alkyl halides is 2. The minimum absolute atomic E-state index is 0.0112. The molecule has 4 heteroatoms. The maximum Gasteiger partial charge on any atom is 0.189 e. The molecule has 0 bridgehead atoms. The molecule has 0 radical (unpaired) electrons. The molecule has 0 aliphatic heterocycles. The quantitative estimate of drug-likeness (QED) is 0.615. The minimum atomic E-state index is -1.36. The predicted octanol–water partition coefficient (Wildman–Crippen LogP) is 3.46. The lowest BCUT2D eigenvalue weighted by Gasteiger charge is -2.14. The van der Waals surface area contributed by atoms with E-state index in [9.17, 15) is 8.78 Å². The first-order valence-electron chi connectivity index (χ1n) is 6.14. The topological polar surface area (TPSA) is 24.1 Å². The van der Waals surface area contributed by atoms with Crippen molar-refractivity contribution in [3.05, 3.63) is 71.8 Å². The molecule has 0 amide bonds. The van der Waals surface area contributed by atoms with Crippen molar-refractivity contribution in [1.82, 2.24) is 10.9 Å². The van der Waals surface area contributed by atoms with Crippen LogP contribution in [0.5, 0.6) is 0 Å². The Hall–Kier alpha value is -1.78. The van der Waals surface area contributed by atoms with Gasteiger partial charge in [-0.1, -0.05) is 60.7 Å². The van der Waals surface area contributed by atoms with Gasteiger partial charge in [-0.3, -0.25) is 5.43 Å². The Kier molecular flexibility index (Phi) is 5.01. The second-order valence-corrected chi connectivity index (χ2v) is 4.18. The fourth-order valence-electron chi connectivity index (χ4n) is 1.72. The van der Waals surface area contributed by atoms with E-state index in [1.54, 1.807) is 48.5 Å². The van der Waals surface area contributed by atoms with Gasteiger partial charge in [0.25, 0.3) is 0 Å². The average Bonchev–Trinajstić information content (AvgIpc) is 2.49. The Labute approximate surface area is 111 Å². The van der Waals surface area contributed by atoms with Gasteiger partial charge in [0.1, 0.15) is 6.17 Å². The summed E-state index contributed by atoms with van der Waals surface area (Å²) in [5, 5.41) is 0. The Morgan fingerprint density at radius 2 is 1.32 bits per heavy atom. The van der Waals surface area contributed by atoms with Crippen molar-refractivity contribution in [2.24, 2.45) is 0 Å². The number of hydrogen-bond donors (Lipinski definition) is 2. The van der Waals surface area contributed by atoms with Crippen LogP contribution in [-0.2, 0) is 0 Å². The summed E-state index contributed by atoms with van der Waals surface area (Å²) in [6.45, 7) is 0.0112. The molecular weight excluding hydrogens is 246 g/mol. The molecule has 0 fully saturated rings. The van der Waals surface area contributed by atoms with E-state index in [1.165, 1.54) is 0 Å². The van der Waals surface area contributed by atoms with Gasteiger partial charge in [-0.15, -0.1) is 0 Å². The van der Waals surface area contributed by atoms with Gasteiger partial charge >= 0.3 is 0 Å². The zero-order chi connectivity index (χ0) is 13.5. The molecule has 0 heterocycles. The van der Waals surface area contributed by atoms with E-state index in [0.29, 0.717) is 11.1 Å². The van der Waals surface area contributed by atoms with Crippen molar-refractivity contribution in [3.8, 4) is 0 Å². The number of nitrogens with one attached hydrogen (secondary N) is 2. The number of hydrogen-bond acceptors (Lipinski definition) is 2. The fourth-order valence-corrected chi connectivity index (χ4v) is 1.72. The molecule has 2 aromatic carbocycles. The molecule has 0 spiro atoms. The monoisotopic (exact) mass is 262 g/mol. The van der Waals surface area contributed by atoms with E-state index in [-0.39, 0.29) is 6.54 Å². The maximum absolute atomic E-state index is 13.8. The molecule has 0 aliphatic carbocycles. The van der Waals surface area contributed by atoms with Crippen LogP contribution < -0.4 is 10.9 Å². The third-order valence-electron chi connectivity index (χ3n) is 2.76.